The summed E-state index contributed by atoms with van der Waals surface area (Å²) in [5, 5.41) is 10.7. The Hall–Kier alpha value is -3.98. The molecular weight excluding hydrogens is 456 g/mol. The van der Waals surface area contributed by atoms with Gasteiger partial charge in [0.25, 0.3) is 11.6 Å². The molecule has 0 bridgehead atoms. The van der Waals surface area contributed by atoms with Crippen LogP contribution in [0.3, 0.4) is 0 Å². The van der Waals surface area contributed by atoms with E-state index in [-0.39, 0.29) is 11.6 Å². The number of ether oxygens (including phenoxy) is 3. The Bertz CT molecular complexity index is 1220. The van der Waals surface area contributed by atoms with E-state index in [1.54, 1.807) is 29.2 Å². The fourth-order valence-electron chi connectivity index (χ4n) is 3.69. The van der Waals surface area contributed by atoms with E-state index < -0.39 is 10.3 Å². The molecular formula is C25H22N2O6S. The monoisotopic (exact) mass is 478 g/mol. The van der Waals surface area contributed by atoms with Gasteiger partial charge in [-0.1, -0.05) is 42.1 Å². The number of amides is 1. The molecule has 3 aromatic carbocycles. The second-order valence-corrected chi connectivity index (χ2v) is 8.42. The van der Waals surface area contributed by atoms with Crippen molar-refractivity contribution < 1.29 is 23.9 Å². The van der Waals surface area contributed by atoms with Crippen molar-refractivity contribution in [2.75, 3.05) is 26.2 Å². The fourth-order valence-corrected chi connectivity index (χ4v) is 4.93. The zero-order valence-corrected chi connectivity index (χ0v) is 19.6. The molecule has 34 heavy (non-hydrogen) atoms. The van der Waals surface area contributed by atoms with Crippen LogP contribution in [0.2, 0.25) is 0 Å². The van der Waals surface area contributed by atoms with Crippen LogP contribution in [-0.2, 0) is 4.79 Å². The van der Waals surface area contributed by atoms with Gasteiger partial charge < -0.3 is 14.2 Å². The first kappa shape index (κ1) is 23.2. The third kappa shape index (κ3) is 4.42. The summed E-state index contributed by atoms with van der Waals surface area (Å²) in [5.41, 5.74) is 2.14. The summed E-state index contributed by atoms with van der Waals surface area (Å²) in [6, 6.07) is 19.1. The van der Waals surface area contributed by atoms with Crippen molar-refractivity contribution in [3.05, 3.63) is 92.9 Å². The van der Waals surface area contributed by atoms with Crippen LogP contribution in [0.4, 0.5) is 11.4 Å². The van der Waals surface area contributed by atoms with E-state index in [0.29, 0.717) is 27.8 Å². The van der Waals surface area contributed by atoms with Crippen LogP contribution >= 0.6 is 11.8 Å². The number of anilines is 1. The smallest absolute Gasteiger partial charge is 0.269 e. The van der Waals surface area contributed by atoms with E-state index in [4.69, 9.17) is 14.2 Å². The van der Waals surface area contributed by atoms with E-state index in [1.165, 1.54) is 45.2 Å². The molecule has 3 aromatic rings. The first-order valence-electron chi connectivity index (χ1n) is 10.3. The van der Waals surface area contributed by atoms with Gasteiger partial charge in [-0.25, -0.2) is 0 Å². The molecule has 4 rings (SSSR count). The molecule has 1 atom stereocenters. The van der Waals surface area contributed by atoms with Crippen molar-refractivity contribution in [2.45, 2.75) is 5.37 Å². The quantitative estimate of drug-likeness (QED) is 0.254. The summed E-state index contributed by atoms with van der Waals surface area (Å²) in [6.07, 6.45) is 1.84. The van der Waals surface area contributed by atoms with E-state index >= 15 is 0 Å². The maximum Gasteiger partial charge on any atom is 0.269 e. The van der Waals surface area contributed by atoms with Crippen molar-refractivity contribution >= 4 is 35.1 Å². The van der Waals surface area contributed by atoms with E-state index in [0.717, 1.165) is 11.1 Å². The number of carbonyl (C=O) groups excluding carboxylic acids is 1. The lowest BCUT2D eigenvalue weighted by Gasteiger charge is -2.25. The molecule has 0 N–H and O–H groups in total. The van der Waals surface area contributed by atoms with Crippen molar-refractivity contribution in [1.29, 1.82) is 0 Å². The predicted octanol–water partition coefficient (Wildman–Crippen LogP) is 5.44. The molecule has 1 aliphatic heterocycles. The van der Waals surface area contributed by atoms with E-state index in [2.05, 4.69) is 0 Å². The lowest BCUT2D eigenvalue weighted by atomic mass is 10.1. The number of non-ortho nitro benzene ring substituents is 1. The summed E-state index contributed by atoms with van der Waals surface area (Å²) in [5.74, 6) is 1.18. The van der Waals surface area contributed by atoms with Crippen LogP contribution in [-0.4, -0.2) is 32.2 Å². The van der Waals surface area contributed by atoms with Gasteiger partial charge in [-0.15, -0.1) is 0 Å². The maximum absolute atomic E-state index is 13.6. The molecule has 9 heteroatoms. The Kier molecular flexibility index (Phi) is 6.74. The molecule has 1 heterocycles. The van der Waals surface area contributed by atoms with Gasteiger partial charge in [-0.2, -0.15) is 0 Å². The number of benzene rings is 3. The molecule has 174 valence electrons. The fraction of sp³-hybridized carbons (Fsp3) is 0.160. The largest absolute Gasteiger partial charge is 0.493 e. The van der Waals surface area contributed by atoms with Crippen LogP contribution in [0.5, 0.6) is 17.2 Å². The highest BCUT2D eigenvalue weighted by atomic mass is 32.2. The first-order chi connectivity index (χ1) is 16.5. The number of methoxy groups -OCH3 is 3. The Balaban J connectivity index is 1.83. The van der Waals surface area contributed by atoms with Gasteiger partial charge in [-0.05, 0) is 41.5 Å². The number of nitro groups is 1. The number of hydrogen-bond donors (Lipinski definition) is 0. The van der Waals surface area contributed by atoms with Gasteiger partial charge in [0.15, 0.2) is 11.5 Å². The van der Waals surface area contributed by atoms with Crippen LogP contribution in [0.25, 0.3) is 6.08 Å². The third-order valence-corrected chi connectivity index (χ3v) is 6.56. The Morgan fingerprint density at radius 1 is 0.941 bits per heavy atom. The molecule has 1 amide bonds. The van der Waals surface area contributed by atoms with Gasteiger partial charge >= 0.3 is 0 Å². The van der Waals surface area contributed by atoms with E-state index in [9.17, 15) is 14.9 Å². The first-order valence-corrected chi connectivity index (χ1v) is 11.2. The highest BCUT2D eigenvalue weighted by Crippen LogP contribution is 2.51. The van der Waals surface area contributed by atoms with Gasteiger partial charge in [0.05, 0.1) is 31.2 Å². The Labute approximate surface area is 200 Å². The topological polar surface area (TPSA) is 91.1 Å². The average molecular weight is 479 g/mol. The zero-order valence-electron chi connectivity index (χ0n) is 18.8. The molecule has 0 spiro atoms. The maximum atomic E-state index is 13.6. The number of rotatable bonds is 7. The molecule has 0 aromatic heterocycles. The summed E-state index contributed by atoms with van der Waals surface area (Å²) in [7, 11) is 4.59. The summed E-state index contributed by atoms with van der Waals surface area (Å²) >= 11 is 1.38. The second kappa shape index (κ2) is 9.88. The molecule has 1 fully saturated rings. The van der Waals surface area contributed by atoms with Crippen molar-refractivity contribution in [3.63, 3.8) is 0 Å². The van der Waals surface area contributed by atoms with Crippen LogP contribution in [0.15, 0.2) is 71.6 Å². The summed E-state index contributed by atoms with van der Waals surface area (Å²) < 4.78 is 16.4. The van der Waals surface area contributed by atoms with Crippen LogP contribution in [0.1, 0.15) is 16.5 Å². The highest BCUT2D eigenvalue weighted by molar-refractivity contribution is 8.05. The lowest BCUT2D eigenvalue weighted by Crippen LogP contribution is -2.27. The molecule has 0 aliphatic carbocycles. The molecule has 0 radical (unpaired) electrons. The minimum Gasteiger partial charge on any atom is -0.493 e. The summed E-state index contributed by atoms with van der Waals surface area (Å²) in [6.45, 7) is 0. The Morgan fingerprint density at radius 3 is 2.09 bits per heavy atom. The lowest BCUT2D eigenvalue weighted by molar-refractivity contribution is -0.384. The van der Waals surface area contributed by atoms with Crippen molar-refractivity contribution in [2.24, 2.45) is 0 Å². The van der Waals surface area contributed by atoms with Gasteiger partial charge in [0.1, 0.15) is 5.37 Å². The zero-order chi connectivity index (χ0) is 24.2. The number of nitrogens with zero attached hydrogens (tertiary/aromatic N) is 2. The van der Waals surface area contributed by atoms with Crippen molar-refractivity contribution in [1.82, 2.24) is 0 Å². The number of thioether (sulfide) groups is 1. The number of nitro benzene ring substituents is 1. The molecule has 1 saturated heterocycles. The standard InChI is InChI=1S/C25H22N2O6S/c1-31-20-14-17(15-21(32-2)23(20)33-3)25-26(18-9-11-19(12-10-18)27(29)30)24(28)22(34-25)13-16-7-5-4-6-8-16/h4-15,25H,1-3H3/b22-13-. The van der Waals surface area contributed by atoms with E-state index in [1.807, 2.05) is 36.4 Å². The molecule has 8 nitrogen and oxygen atoms in total. The van der Waals surface area contributed by atoms with Crippen molar-refractivity contribution in [3.8, 4) is 17.2 Å². The number of hydrogen-bond acceptors (Lipinski definition) is 7. The highest BCUT2D eigenvalue weighted by Gasteiger charge is 2.39. The SMILES string of the molecule is COc1cc(C2S/C(=C\c3ccccc3)C(=O)N2c2ccc([N+](=O)[O-])cc2)cc(OC)c1OC. The minimum absolute atomic E-state index is 0.0487. The summed E-state index contributed by atoms with van der Waals surface area (Å²) in [4.78, 5) is 26.4. The van der Waals surface area contributed by atoms with Crippen LogP contribution in [0, 0.1) is 10.1 Å². The molecule has 1 unspecified atom stereocenters. The Morgan fingerprint density at radius 2 is 1.56 bits per heavy atom. The molecule has 0 saturated carbocycles. The third-order valence-electron chi connectivity index (χ3n) is 5.31. The van der Waals surface area contributed by atoms with Gasteiger partial charge in [0, 0.05) is 17.8 Å². The van der Waals surface area contributed by atoms with Gasteiger partial charge in [-0.3, -0.25) is 19.8 Å². The van der Waals surface area contributed by atoms with Crippen LogP contribution < -0.4 is 19.1 Å². The second-order valence-electron chi connectivity index (χ2n) is 7.30. The van der Waals surface area contributed by atoms with Gasteiger partial charge in [0.2, 0.25) is 5.75 Å². The predicted molar refractivity (Wildman–Crippen MR) is 131 cm³/mol. The minimum atomic E-state index is -0.470. The number of carbonyl (C=O) groups is 1. The average Bonchev–Trinajstić information content (AvgIpc) is 3.19. The molecule has 1 aliphatic rings. The normalized spacial score (nSPS) is 16.6.